The lowest BCUT2D eigenvalue weighted by molar-refractivity contribution is -0.384. The number of nitrogens with zero attached hydrogens (tertiary/aromatic N) is 3. The number of carbonyl (C=O) groups excluding carboxylic acids is 1. The molecule has 0 radical (unpaired) electrons. The number of esters is 1. The van der Waals surface area contributed by atoms with E-state index in [9.17, 15) is 19.7 Å². The number of thiazole rings is 1. The van der Waals surface area contributed by atoms with Crippen LogP contribution in [0.5, 0.6) is 17.2 Å². The van der Waals surface area contributed by atoms with Crippen LogP contribution in [0.25, 0.3) is 11.8 Å². The van der Waals surface area contributed by atoms with Gasteiger partial charge in [0, 0.05) is 17.7 Å². The van der Waals surface area contributed by atoms with Crippen molar-refractivity contribution < 1.29 is 28.7 Å². The Morgan fingerprint density at radius 2 is 1.70 bits per heavy atom. The standard InChI is InChI=1S/C37H30BrN3O8S/c1-4-48-36(43)32-33(24-8-6-5-7-9-24)39-37-40(34(32)25-13-17-29(46-2)30(20-25)47-3)35(42)31(50-37)19-23-12-16-28(27(38)18-23)49-21-22-10-14-26(15-11-22)41(44)45/h5-20,34H,4,21H2,1-3H3/b31-19-/t34-/m1/s1. The van der Waals surface area contributed by atoms with Crippen LogP contribution in [0.4, 0.5) is 5.69 Å². The zero-order valence-electron chi connectivity index (χ0n) is 27.1. The third-order valence-corrected chi connectivity index (χ3v) is 9.49. The van der Waals surface area contributed by atoms with Crippen LogP contribution in [0.2, 0.25) is 0 Å². The Morgan fingerprint density at radius 1 is 0.980 bits per heavy atom. The maximum absolute atomic E-state index is 14.3. The predicted molar refractivity (Wildman–Crippen MR) is 192 cm³/mol. The number of fused-ring (bicyclic) bond motifs is 1. The fourth-order valence-corrected chi connectivity index (χ4v) is 7.04. The molecular weight excluding hydrogens is 726 g/mol. The van der Waals surface area contributed by atoms with Crippen molar-refractivity contribution >= 4 is 50.7 Å². The molecule has 2 heterocycles. The summed E-state index contributed by atoms with van der Waals surface area (Å²) in [7, 11) is 3.06. The van der Waals surface area contributed by atoms with E-state index in [1.807, 2.05) is 42.5 Å². The van der Waals surface area contributed by atoms with Gasteiger partial charge in [-0.3, -0.25) is 19.5 Å². The van der Waals surface area contributed by atoms with Crippen molar-refractivity contribution in [1.82, 2.24) is 4.57 Å². The lowest BCUT2D eigenvalue weighted by Gasteiger charge is -2.26. The topological polar surface area (TPSA) is 131 Å². The molecule has 254 valence electrons. The molecule has 6 rings (SSSR count). The zero-order valence-corrected chi connectivity index (χ0v) is 29.5. The Labute approximate surface area is 298 Å². The van der Waals surface area contributed by atoms with Crippen molar-refractivity contribution in [3.8, 4) is 17.2 Å². The molecule has 0 bridgehead atoms. The van der Waals surface area contributed by atoms with E-state index in [4.69, 9.17) is 23.9 Å². The number of nitro benzene ring substituents is 1. The first kappa shape index (κ1) is 34.3. The maximum atomic E-state index is 14.3. The minimum absolute atomic E-state index is 0.00742. The van der Waals surface area contributed by atoms with Crippen molar-refractivity contribution in [3.63, 3.8) is 0 Å². The van der Waals surface area contributed by atoms with Crippen LogP contribution in [-0.2, 0) is 16.1 Å². The molecule has 0 N–H and O–H groups in total. The molecule has 1 aliphatic rings. The second kappa shape index (κ2) is 14.9. The fraction of sp³-hybridized carbons (Fsp3) is 0.162. The summed E-state index contributed by atoms with van der Waals surface area (Å²) in [5.74, 6) is 0.910. The average molecular weight is 757 g/mol. The second-order valence-corrected chi connectivity index (χ2v) is 12.8. The molecule has 4 aromatic carbocycles. The molecule has 50 heavy (non-hydrogen) atoms. The van der Waals surface area contributed by atoms with E-state index < -0.39 is 16.9 Å². The van der Waals surface area contributed by atoms with Gasteiger partial charge in [-0.25, -0.2) is 9.79 Å². The summed E-state index contributed by atoms with van der Waals surface area (Å²) in [5, 5.41) is 11.0. The molecule has 0 spiro atoms. The van der Waals surface area contributed by atoms with Crippen LogP contribution in [0.3, 0.4) is 0 Å². The maximum Gasteiger partial charge on any atom is 0.338 e. The van der Waals surface area contributed by atoms with Crippen molar-refractivity contribution in [2.24, 2.45) is 4.99 Å². The van der Waals surface area contributed by atoms with Gasteiger partial charge in [0.15, 0.2) is 16.3 Å². The minimum atomic E-state index is -0.885. The Morgan fingerprint density at radius 3 is 2.36 bits per heavy atom. The first-order valence-electron chi connectivity index (χ1n) is 15.4. The van der Waals surface area contributed by atoms with E-state index in [1.165, 1.54) is 42.3 Å². The van der Waals surface area contributed by atoms with Crippen LogP contribution in [0.1, 0.15) is 35.2 Å². The molecule has 1 aromatic heterocycles. The molecule has 0 saturated heterocycles. The second-order valence-electron chi connectivity index (χ2n) is 10.9. The van der Waals surface area contributed by atoms with Gasteiger partial charge in [0.25, 0.3) is 11.2 Å². The van der Waals surface area contributed by atoms with Gasteiger partial charge in [-0.05, 0) is 82.0 Å². The molecule has 0 amide bonds. The Balaban J connectivity index is 1.44. The third kappa shape index (κ3) is 6.96. The number of hydrogen-bond donors (Lipinski definition) is 0. The number of aromatic nitrogens is 1. The molecule has 0 saturated carbocycles. The van der Waals surface area contributed by atoms with Gasteiger partial charge in [0.1, 0.15) is 12.4 Å². The monoisotopic (exact) mass is 755 g/mol. The van der Waals surface area contributed by atoms with Crippen LogP contribution in [-0.4, -0.2) is 36.3 Å². The zero-order chi connectivity index (χ0) is 35.4. The quantitative estimate of drug-likeness (QED) is 0.0885. The lowest BCUT2D eigenvalue weighted by atomic mass is 9.93. The van der Waals surface area contributed by atoms with Gasteiger partial charge >= 0.3 is 5.97 Å². The van der Waals surface area contributed by atoms with Gasteiger partial charge in [0.05, 0.1) is 52.1 Å². The SMILES string of the molecule is CCOC(=O)C1=C(c2ccccc2)N=c2s/c(=C\c3ccc(OCc4ccc([N+](=O)[O-])cc4)c(Br)c3)c(=O)n2[C@@H]1c1ccc(OC)c(OC)c1. The molecule has 11 nitrogen and oxygen atoms in total. The molecule has 0 aliphatic carbocycles. The summed E-state index contributed by atoms with van der Waals surface area (Å²) in [6.45, 7) is 2.07. The summed E-state index contributed by atoms with van der Waals surface area (Å²) in [6.07, 6.45) is 1.76. The van der Waals surface area contributed by atoms with Gasteiger partial charge in [-0.2, -0.15) is 0 Å². The number of methoxy groups -OCH3 is 2. The number of ether oxygens (including phenoxy) is 4. The van der Waals surface area contributed by atoms with E-state index in [-0.39, 0.29) is 30.0 Å². The minimum Gasteiger partial charge on any atom is -0.493 e. The number of benzene rings is 4. The Bertz CT molecular complexity index is 2300. The highest BCUT2D eigenvalue weighted by molar-refractivity contribution is 9.10. The van der Waals surface area contributed by atoms with Crippen molar-refractivity contribution in [2.75, 3.05) is 20.8 Å². The van der Waals surface area contributed by atoms with E-state index in [0.29, 0.717) is 47.9 Å². The van der Waals surface area contributed by atoms with Crippen molar-refractivity contribution in [1.29, 1.82) is 0 Å². The van der Waals surface area contributed by atoms with Crippen molar-refractivity contribution in [3.05, 3.63) is 153 Å². The van der Waals surface area contributed by atoms with Crippen LogP contribution in [0, 0.1) is 10.1 Å². The number of hydrogen-bond acceptors (Lipinski definition) is 10. The lowest BCUT2D eigenvalue weighted by Crippen LogP contribution is -2.40. The average Bonchev–Trinajstić information content (AvgIpc) is 3.44. The number of rotatable bonds is 11. The first-order chi connectivity index (χ1) is 24.2. The Hall–Kier alpha value is -5.53. The highest BCUT2D eigenvalue weighted by atomic mass is 79.9. The predicted octanol–water partition coefficient (Wildman–Crippen LogP) is 6.20. The normalized spacial score (nSPS) is 14.1. The first-order valence-corrected chi connectivity index (χ1v) is 17.0. The van der Waals surface area contributed by atoms with Crippen LogP contribution in [0.15, 0.2) is 111 Å². The number of non-ortho nitro benzene ring substituents is 1. The summed E-state index contributed by atoms with van der Waals surface area (Å²) in [6, 6.07) is 25.3. The molecule has 1 aliphatic heterocycles. The largest absolute Gasteiger partial charge is 0.493 e. The molecular formula is C37H30BrN3O8S. The highest BCUT2D eigenvalue weighted by Gasteiger charge is 2.35. The number of nitro groups is 1. The summed E-state index contributed by atoms with van der Waals surface area (Å²) in [4.78, 5) is 43.9. The highest BCUT2D eigenvalue weighted by Crippen LogP contribution is 2.38. The van der Waals surface area contributed by atoms with Crippen LogP contribution >= 0.6 is 27.3 Å². The van der Waals surface area contributed by atoms with E-state index >= 15 is 0 Å². The summed E-state index contributed by atoms with van der Waals surface area (Å²) >= 11 is 4.78. The van der Waals surface area contributed by atoms with E-state index in [1.54, 1.807) is 49.4 Å². The summed E-state index contributed by atoms with van der Waals surface area (Å²) < 4.78 is 25.1. The smallest absolute Gasteiger partial charge is 0.338 e. The number of carbonyl (C=O) groups is 1. The third-order valence-electron chi connectivity index (χ3n) is 7.89. The molecule has 1 atom stereocenters. The molecule has 0 unspecified atom stereocenters. The summed E-state index contributed by atoms with van der Waals surface area (Å²) in [5.41, 5.74) is 3.11. The molecule has 0 fully saturated rings. The van der Waals surface area contributed by atoms with Gasteiger partial charge in [-0.15, -0.1) is 0 Å². The molecule has 13 heteroatoms. The van der Waals surface area contributed by atoms with Gasteiger partial charge in [0.2, 0.25) is 0 Å². The number of halogens is 1. The van der Waals surface area contributed by atoms with Crippen molar-refractivity contribution in [2.45, 2.75) is 19.6 Å². The van der Waals surface area contributed by atoms with Gasteiger partial charge < -0.3 is 18.9 Å². The molecule has 5 aromatic rings. The van der Waals surface area contributed by atoms with Crippen LogP contribution < -0.4 is 29.1 Å². The van der Waals surface area contributed by atoms with Gasteiger partial charge in [-0.1, -0.05) is 53.8 Å². The Kier molecular flexibility index (Phi) is 10.3. The fourth-order valence-electron chi connectivity index (χ4n) is 5.53. The van der Waals surface area contributed by atoms with E-state index in [0.717, 1.165) is 11.1 Å². The van der Waals surface area contributed by atoms with E-state index in [2.05, 4.69) is 15.9 Å².